The number of rotatable bonds is 3. The molecular weight excluding hydrogens is 460 g/mol. The molecule has 5 rings (SSSR count). The van der Waals surface area contributed by atoms with Gasteiger partial charge in [0.15, 0.2) is 0 Å². The number of cyclic esters (lactones) is 1. The molecule has 0 aromatic rings. The second-order valence-corrected chi connectivity index (χ2v) is 11.9. The van der Waals surface area contributed by atoms with E-state index in [2.05, 4.69) is 29.8 Å². The lowest BCUT2D eigenvalue weighted by Gasteiger charge is -2.63. The van der Waals surface area contributed by atoms with Crippen LogP contribution >= 0.6 is 15.9 Å². The predicted molar refractivity (Wildman–Crippen MR) is 119 cm³/mol. The summed E-state index contributed by atoms with van der Waals surface area (Å²) in [6, 6.07) is 0. The summed E-state index contributed by atoms with van der Waals surface area (Å²) in [7, 11) is 0. The lowest BCUT2D eigenvalue weighted by Crippen LogP contribution is -2.62. The van der Waals surface area contributed by atoms with Crippen LogP contribution in [0.3, 0.4) is 0 Å². The Morgan fingerprint density at radius 3 is 2.68 bits per heavy atom. The van der Waals surface area contributed by atoms with Gasteiger partial charge in [0.05, 0.1) is 5.60 Å². The van der Waals surface area contributed by atoms with Crippen molar-refractivity contribution >= 4 is 27.9 Å². The van der Waals surface area contributed by atoms with Crippen molar-refractivity contribution in [3.05, 3.63) is 11.6 Å². The molecule has 6 unspecified atom stereocenters. The third-order valence-electron chi connectivity index (χ3n) is 10.3. The molecule has 4 fully saturated rings. The highest BCUT2D eigenvalue weighted by Gasteiger charge is 2.67. The van der Waals surface area contributed by atoms with E-state index < -0.39 is 5.60 Å². The zero-order valence-electron chi connectivity index (χ0n) is 18.7. The van der Waals surface area contributed by atoms with Crippen LogP contribution in [0.15, 0.2) is 11.6 Å². The zero-order chi connectivity index (χ0) is 22.0. The van der Waals surface area contributed by atoms with E-state index in [4.69, 9.17) is 9.47 Å². The second kappa shape index (κ2) is 7.58. The van der Waals surface area contributed by atoms with Gasteiger partial charge in [-0.15, -0.1) is 0 Å². The number of hydrogen-bond donors (Lipinski definition) is 1. The van der Waals surface area contributed by atoms with E-state index in [1.165, 1.54) is 0 Å². The zero-order valence-corrected chi connectivity index (χ0v) is 20.3. The highest BCUT2D eigenvalue weighted by atomic mass is 79.9. The number of halogens is 1. The molecule has 31 heavy (non-hydrogen) atoms. The van der Waals surface area contributed by atoms with Crippen LogP contribution in [0, 0.1) is 34.5 Å². The van der Waals surface area contributed by atoms with E-state index in [0.717, 1.165) is 63.4 Å². The summed E-state index contributed by atoms with van der Waals surface area (Å²) < 4.78 is 10.9. The molecule has 0 saturated heterocycles. The normalized spacial score (nSPS) is 48.8. The van der Waals surface area contributed by atoms with E-state index in [1.807, 2.05) is 0 Å². The van der Waals surface area contributed by atoms with Crippen LogP contribution < -0.4 is 0 Å². The maximum Gasteiger partial charge on any atom is 0.331 e. The lowest BCUT2D eigenvalue weighted by atomic mass is 9.43. The minimum absolute atomic E-state index is 0.0410. The predicted octanol–water partition coefficient (Wildman–Crippen LogP) is 4.55. The van der Waals surface area contributed by atoms with Gasteiger partial charge in [0.1, 0.15) is 18.0 Å². The molecule has 6 heteroatoms. The van der Waals surface area contributed by atoms with Crippen LogP contribution in [-0.4, -0.2) is 40.7 Å². The van der Waals surface area contributed by atoms with Crippen molar-refractivity contribution in [3.63, 3.8) is 0 Å². The first kappa shape index (κ1) is 21.9. The molecule has 1 heterocycles. The average molecular weight is 495 g/mol. The fourth-order valence-corrected chi connectivity index (χ4v) is 8.83. The Morgan fingerprint density at radius 2 is 1.97 bits per heavy atom. The molecule has 0 radical (unpaired) electrons. The van der Waals surface area contributed by atoms with Gasteiger partial charge in [0, 0.05) is 11.5 Å². The maximum atomic E-state index is 12.2. The van der Waals surface area contributed by atoms with Crippen molar-refractivity contribution in [1.29, 1.82) is 0 Å². The molecule has 1 aliphatic heterocycles. The maximum absolute atomic E-state index is 12.2. The summed E-state index contributed by atoms with van der Waals surface area (Å²) >= 11 is 3.20. The van der Waals surface area contributed by atoms with Gasteiger partial charge in [-0.1, -0.05) is 29.8 Å². The minimum Gasteiger partial charge on any atom is -0.462 e. The number of carbonyl (C=O) groups excluding carboxylic acids is 2. The molecule has 4 saturated carbocycles. The minimum atomic E-state index is -0.666. The fraction of sp³-hybridized carbons (Fsp3) is 0.840. The summed E-state index contributed by atoms with van der Waals surface area (Å²) in [5.41, 5.74) is 0.456. The number of ether oxygens (including phenoxy) is 2. The van der Waals surface area contributed by atoms with Crippen LogP contribution in [0.25, 0.3) is 0 Å². The molecule has 0 aromatic heterocycles. The van der Waals surface area contributed by atoms with Crippen molar-refractivity contribution in [2.75, 3.05) is 11.9 Å². The quantitative estimate of drug-likeness (QED) is 0.460. The summed E-state index contributed by atoms with van der Waals surface area (Å²) in [6.45, 7) is 5.12. The number of hydrogen-bond acceptors (Lipinski definition) is 5. The molecule has 5 aliphatic rings. The van der Waals surface area contributed by atoms with Gasteiger partial charge in [0.25, 0.3) is 0 Å². The van der Waals surface area contributed by atoms with Crippen LogP contribution in [0.1, 0.15) is 71.6 Å². The first-order chi connectivity index (χ1) is 14.7. The second-order valence-electron chi connectivity index (χ2n) is 11.3. The fourth-order valence-electron chi connectivity index (χ4n) is 8.69. The Balaban J connectivity index is 1.37. The standard InChI is InChI=1S/C25H35BrO5/c1-23-8-5-17(31-22(28)13-26)12-16(23)3-4-20-19(23)6-9-24(2)18(7-10-25(20,24)29)15-11-21(27)30-14-15/h11,16-20,29H,3-10,12-14H2,1-2H3/t16?,17?,18?,19?,20?,23-,24+,25?/m0/s1. The number of esters is 2. The van der Waals surface area contributed by atoms with Crippen LogP contribution in [0.5, 0.6) is 0 Å². The monoisotopic (exact) mass is 494 g/mol. The summed E-state index contributed by atoms with van der Waals surface area (Å²) in [5, 5.41) is 12.5. The first-order valence-electron chi connectivity index (χ1n) is 12.1. The number of aliphatic hydroxyl groups is 1. The first-order valence-corrected chi connectivity index (χ1v) is 13.2. The summed E-state index contributed by atoms with van der Waals surface area (Å²) in [4.78, 5) is 23.5. The van der Waals surface area contributed by atoms with Crippen molar-refractivity contribution in [3.8, 4) is 0 Å². The Labute approximate surface area is 193 Å². The summed E-state index contributed by atoms with van der Waals surface area (Å²) in [6.07, 6.45) is 10.8. The summed E-state index contributed by atoms with van der Waals surface area (Å²) in [5.74, 6) is 1.25. The third kappa shape index (κ3) is 3.18. The smallest absolute Gasteiger partial charge is 0.331 e. The number of carbonyl (C=O) groups is 2. The molecule has 5 nitrogen and oxygen atoms in total. The highest BCUT2D eigenvalue weighted by Crippen LogP contribution is 2.70. The van der Waals surface area contributed by atoms with E-state index in [1.54, 1.807) is 6.08 Å². The highest BCUT2D eigenvalue weighted by molar-refractivity contribution is 9.09. The van der Waals surface area contributed by atoms with Gasteiger partial charge in [-0.25, -0.2) is 4.79 Å². The van der Waals surface area contributed by atoms with Gasteiger partial charge in [-0.05, 0) is 92.4 Å². The Bertz CT molecular complexity index is 810. The lowest BCUT2D eigenvalue weighted by molar-refractivity contribution is -0.209. The van der Waals surface area contributed by atoms with Gasteiger partial charge >= 0.3 is 11.9 Å². The van der Waals surface area contributed by atoms with Crippen molar-refractivity contribution in [2.24, 2.45) is 34.5 Å². The van der Waals surface area contributed by atoms with Gasteiger partial charge in [-0.2, -0.15) is 0 Å². The number of alkyl halides is 1. The largest absolute Gasteiger partial charge is 0.462 e. The van der Waals surface area contributed by atoms with Crippen molar-refractivity contribution < 1.29 is 24.2 Å². The number of fused-ring (bicyclic) bond motifs is 5. The van der Waals surface area contributed by atoms with Crippen LogP contribution in [0.2, 0.25) is 0 Å². The van der Waals surface area contributed by atoms with Crippen LogP contribution in [-0.2, 0) is 19.1 Å². The molecule has 0 aromatic carbocycles. The average Bonchev–Trinajstić information content (AvgIpc) is 3.28. The molecule has 8 atom stereocenters. The molecule has 0 amide bonds. The Hall–Kier alpha value is -0.880. The van der Waals surface area contributed by atoms with Gasteiger partial charge in [-0.3, -0.25) is 4.79 Å². The molecule has 172 valence electrons. The van der Waals surface area contributed by atoms with Crippen molar-refractivity contribution in [1.82, 2.24) is 0 Å². The Kier molecular flexibility index (Phi) is 5.36. The molecular formula is C25H35BrO5. The molecule has 0 bridgehead atoms. The van der Waals surface area contributed by atoms with Gasteiger partial charge < -0.3 is 14.6 Å². The van der Waals surface area contributed by atoms with E-state index >= 15 is 0 Å². The SMILES string of the molecule is C[C@]12CCC(OC(=O)CBr)CC1CCC1C2CC[C@]2(C)C(C3=CC(=O)OC3)CCC12O. The topological polar surface area (TPSA) is 72.8 Å². The third-order valence-corrected chi connectivity index (χ3v) is 10.8. The van der Waals surface area contributed by atoms with Crippen molar-refractivity contribution in [2.45, 2.75) is 83.3 Å². The van der Waals surface area contributed by atoms with Crippen LogP contribution in [0.4, 0.5) is 0 Å². The van der Waals surface area contributed by atoms with E-state index in [9.17, 15) is 14.7 Å². The molecule has 4 aliphatic carbocycles. The van der Waals surface area contributed by atoms with Gasteiger partial charge in [0.2, 0.25) is 0 Å². The Morgan fingerprint density at radius 1 is 1.16 bits per heavy atom. The molecule has 1 N–H and O–H groups in total. The van der Waals surface area contributed by atoms with E-state index in [0.29, 0.717) is 24.4 Å². The molecule has 0 spiro atoms. The van der Waals surface area contributed by atoms with E-state index in [-0.39, 0.29) is 40.1 Å².